The van der Waals surface area contributed by atoms with Gasteiger partial charge in [0.15, 0.2) is 0 Å². The number of fused-ring (bicyclic) bond motifs is 1. The average Bonchev–Trinajstić information content (AvgIpc) is 3.50. The Bertz CT molecular complexity index is 2130. The Morgan fingerprint density at radius 2 is 1.71 bits per heavy atom. The lowest BCUT2D eigenvalue weighted by molar-refractivity contribution is -0.116. The highest BCUT2D eigenvalue weighted by Crippen LogP contribution is 2.42. The van der Waals surface area contributed by atoms with E-state index in [4.69, 9.17) is 11.6 Å². The van der Waals surface area contributed by atoms with Crippen molar-refractivity contribution in [2.75, 3.05) is 10.6 Å². The van der Waals surface area contributed by atoms with Crippen LogP contribution in [0.4, 0.5) is 10.7 Å². The van der Waals surface area contributed by atoms with E-state index in [0.29, 0.717) is 44.7 Å². The van der Waals surface area contributed by atoms with Gasteiger partial charge < -0.3 is 16.0 Å². The molecule has 3 N–H and O–H groups in total. The number of amides is 3. The molecule has 7 nitrogen and oxygen atoms in total. The van der Waals surface area contributed by atoms with Crippen LogP contribution in [0.3, 0.4) is 0 Å². The fourth-order valence-corrected chi connectivity index (χ4v) is 8.52. The molecule has 0 radical (unpaired) electrons. The van der Waals surface area contributed by atoms with Crippen LogP contribution in [-0.4, -0.2) is 23.0 Å². The van der Waals surface area contributed by atoms with Gasteiger partial charge in [0, 0.05) is 26.0 Å². The van der Waals surface area contributed by atoms with E-state index in [2.05, 4.69) is 46.3 Å². The number of rotatable bonds is 11. The topological polar surface area (TPSA) is 111 Å². The molecule has 1 heterocycles. The van der Waals surface area contributed by atoms with Crippen molar-refractivity contribution in [3.63, 3.8) is 0 Å². The summed E-state index contributed by atoms with van der Waals surface area (Å²) in [6, 6.07) is 35.6. The van der Waals surface area contributed by atoms with Gasteiger partial charge in [-0.3, -0.25) is 14.4 Å². The molecule has 51 heavy (non-hydrogen) atoms. The quantitative estimate of drug-likeness (QED) is 0.0927. The van der Waals surface area contributed by atoms with Crippen LogP contribution >= 0.6 is 34.7 Å². The largest absolute Gasteiger partial charge is 0.321 e. The fraction of sp³-hybridized carbons (Fsp3) is 0.171. The lowest BCUT2D eigenvalue weighted by atomic mass is 9.83. The molecule has 256 valence electrons. The predicted molar refractivity (Wildman–Crippen MR) is 207 cm³/mol. The molecule has 1 aromatic heterocycles. The Kier molecular flexibility index (Phi) is 11.7. The van der Waals surface area contributed by atoms with Crippen molar-refractivity contribution in [1.29, 1.82) is 5.26 Å². The van der Waals surface area contributed by atoms with E-state index in [1.165, 1.54) is 28.7 Å². The molecule has 0 spiro atoms. The zero-order valence-corrected chi connectivity index (χ0v) is 30.2. The molecule has 0 fully saturated rings. The van der Waals surface area contributed by atoms with Crippen LogP contribution in [0.5, 0.6) is 0 Å². The summed E-state index contributed by atoms with van der Waals surface area (Å²) in [5.41, 5.74) is 4.51. The van der Waals surface area contributed by atoms with Gasteiger partial charge in [-0.1, -0.05) is 85.3 Å². The number of thioether (sulfide) groups is 1. The number of halogens is 1. The van der Waals surface area contributed by atoms with Gasteiger partial charge in [-0.25, -0.2) is 0 Å². The Morgan fingerprint density at radius 1 is 0.961 bits per heavy atom. The van der Waals surface area contributed by atoms with Crippen LogP contribution in [0.2, 0.25) is 5.02 Å². The molecule has 0 saturated heterocycles. The molecule has 5 aromatic rings. The number of nitrogens with one attached hydrogen (secondary N) is 3. The molecule has 0 saturated carbocycles. The van der Waals surface area contributed by atoms with Crippen molar-refractivity contribution in [1.82, 2.24) is 5.32 Å². The van der Waals surface area contributed by atoms with Gasteiger partial charge >= 0.3 is 0 Å². The normalized spacial score (nSPS) is 14.5. The Hall–Kier alpha value is -5.14. The number of carbonyl (C=O) groups excluding carboxylic acids is 3. The highest BCUT2D eigenvalue weighted by atomic mass is 35.5. The fourth-order valence-electron chi connectivity index (χ4n) is 6.03. The van der Waals surface area contributed by atoms with Crippen molar-refractivity contribution in [3.8, 4) is 6.07 Å². The number of thiophene rings is 1. The van der Waals surface area contributed by atoms with Gasteiger partial charge in [-0.15, -0.1) is 23.1 Å². The third kappa shape index (κ3) is 8.97. The van der Waals surface area contributed by atoms with E-state index in [9.17, 15) is 19.6 Å². The first kappa shape index (κ1) is 35.7. The van der Waals surface area contributed by atoms with E-state index in [1.54, 1.807) is 72.8 Å². The number of hydrogen-bond acceptors (Lipinski definition) is 6. The SMILES string of the molecule is CCC(Sc1cccc(NC(=O)/C(=C/c2cccc(Cl)c2)NC(=O)c2ccccc2)c1)C(=O)Nc1sc2c(c1C#N)CCC(c1ccccc1)C2. The summed E-state index contributed by atoms with van der Waals surface area (Å²) in [6.45, 7) is 1.94. The van der Waals surface area contributed by atoms with Crippen molar-refractivity contribution in [2.45, 2.75) is 48.7 Å². The summed E-state index contributed by atoms with van der Waals surface area (Å²) in [5.74, 6) is -0.738. The lowest BCUT2D eigenvalue weighted by Crippen LogP contribution is -2.30. The lowest BCUT2D eigenvalue weighted by Gasteiger charge is -2.22. The maximum Gasteiger partial charge on any atom is 0.272 e. The minimum absolute atomic E-state index is 0.0389. The molecule has 10 heteroatoms. The summed E-state index contributed by atoms with van der Waals surface area (Å²) in [4.78, 5) is 42.2. The van der Waals surface area contributed by atoms with Crippen LogP contribution in [0.1, 0.15) is 63.2 Å². The van der Waals surface area contributed by atoms with Crippen molar-refractivity contribution < 1.29 is 14.4 Å². The molecular weight excluding hydrogens is 696 g/mol. The van der Waals surface area contributed by atoms with E-state index in [0.717, 1.165) is 34.6 Å². The highest BCUT2D eigenvalue weighted by molar-refractivity contribution is 8.00. The Labute approximate surface area is 310 Å². The molecule has 6 rings (SSSR count). The second-order valence-electron chi connectivity index (χ2n) is 12.1. The van der Waals surface area contributed by atoms with Crippen molar-refractivity contribution in [3.05, 3.63) is 153 Å². The first-order valence-electron chi connectivity index (χ1n) is 16.6. The van der Waals surface area contributed by atoms with Crippen molar-refractivity contribution in [2.24, 2.45) is 0 Å². The molecular formula is C41H35ClN4O3S2. The summed E-state index contributed by atoms with van der Waals surface area (Å²) >= 11 is 9.07. The number of nitriles is 1. The van der Waals surface area contributed by atoms with Gasteiger partial charge in [0.25, 0.3) is 11.8 Å². The third-order valence-corrected chi connectivity index (χ3v) is 11.4. The van der Waals surface area contributed by atoms with Crippen LogP contribution in [0.15, 0.2) is 120 Å². The smallest absolute Gasteiger partial charge is 0.272 e. The van der Waals surface area contributed by atoms with Gasteiger partial charge in [0.05, 0.1) is 10.8 Å². The predicted octanol–water partition coefficient (Wildman–Crippen LogP) is 9.46. The molecule has 1 aliphatic rings. The molecule has 3 amide bonds. The van der Waals surface area contributed by atoms with Gasteiger partial charge in [-0.2, -0.15) is 5.26 Å². The van der Waals surface area contributed by atoms with E-state index < -0.39 is 17.1 Å². The number of benzene rings is 4. The summed E-state index contributed by atoms with van der Waals surface area (Å²) in [5, 5.41) is 19.4. The zero-order valence-electron chi connectivity index (χ0n) is 27.8. The van der Waals surface area contributed by atoms with Crippen LogP contribution in [0.25, 0.3) is 6.08 Å². The van der Waals surface area contributed by atoms with Gasteiger partial charge in [-0.05, 0) is 96.8 Å². The highest BCUT2D eigenvalue weighted by Gasteiger charge is 2.28. The summed E-state index contributed by atoms with van der Waals surface area (Å²) < 4.78 is 0. The standard InChI is InChI=1S/C41H35ClN4O3S2/c1-2-36(40(49)46-41-34(25-43)33-20-19-29(23-37(33)51-41)27-12-5-3-6-13-27)50-32-18-10-17-31(24-32)44-39(48)35(22-26-11-9-16-30(42)21-26)45-38(47)28-14-7-4-8-15-28/h3-18,21-22,24,29,36H,2,19-20,23H2,1H3,(H,44,48)(H,45,47)(H,46,49)/b35-22-. The number of nitrogens with zero attached hydrogens (tertiary/aromatic N) is 1. The summed E-state index contributed by atoms with van der Waals surface area (Å²) in [7, 11) is 0. The Balaban J connectivity index is 1.15. The zero-order chi connectivity index (χ0) is 35.7. The van der Waals surface area contributed by atoms with Crippen molar-refractivity contribution >= 4 is 69.2 Å². The first-order valence-corrected chi connectivity index (χ1v) is 18.7. The van der Waals surface area contributed by atoms with Gasteiger partial charge in [0.2, 0.25) is 5.91 Å². The number of hydrogen-bond donors (Lipinski definition) is 3. The van der Waals surface area contributed by atoms with Gasteiger partial charge in [0.1, 0.15) is 16.8 Å². The Morgan fingerprint density at radius 3 is 2.43 bits per heavy atom. The maximum absolute atomic E-state index is 13.6. The van der Waals surface area contributed by atoms with Crippen LogP contribution < -0.4 is 16.0 Å². The number of carbonyl (C=O) groups is 3. The summed E-state index contributed by atoms with van der Waals surface area (Å²) in [6.07, 6.45) is 4.74. The minimum Gasteiger partial charge on any atom is -0.321 e. The monoisotopic (exact) mass is 730 g/mol. The maximum atomic E-state index is 13.6. The third-order valence-electron chi connectivity index (χ3n) is 8.61. The second kappa shape index (κ2) is 16.7. The van der Waals surface area contributed by atoms with E-state index in [1.807, 2.05) is 25.1 Å². The first-order chi connectivity index (χ1) is 24.8. The minimum atomic E-state index is -0.522. The molecule has 4 aromatic carbocycles. The number of anilines is 2. The van der Waals surface area contributed by atoms with E-state index in [-0.39, 0.29) is 11.6 Å². The molecule has 2 unspecified atom stereocenters. The molecule has 0 aliphatic heterocycles. The average molecular weight is 731 g/mol. The molecule has 2 atom stereocenters. The van der Waals surface area contributed by atoms with Crippen LogP contribution in [0, 0.1) is 11.3 Å². The van der Waals surface area contributed by atoms with Crippen LogP contribution in [-0.2, 0) is 22.4 Å². The molecule has 0 bridgehead atoms. The van der Waals surface area contributed by atoms with E-state index >= 15 is 0 Å². The second-order valence-corrected chi connectivity index (χ2v) is 14.9. The molecule has 1 aliphatic carbocycles.